The van der Waals surface area contributed by atoms with Crippen LogP contribution >= 0.6 is 0 Å². The first-order valence-corrected chi connectivity index (χ1v) is 5.39. The normalized spacial score (nSPS) is 10.6. The number of aryl methyl sites for hydroxylation is 1. The summed E-state index contributed by atoms with van der Waals surface area (Å²) in [6.45, 7) is 3.90. The highest BCUT2D eigenvalue weighted by molar-refractivity contribution is 5.51. The number of nitrogens with zero attached hydrogens (tertiary/aromatic N) is 4. The van der Waals surface area contributed by atoms with Crippen molar-refractivity contribution < 1.29 is 4.74 Å². The van der Waals surface area contributed by atoms with Gasteiger partial charge >= 0.3 is 0 Å². The summed E-state index contributed by atoms with van der Waals surface area (Å²) in [5.41, 5.74) is 0. The molecule has 0 atom stereocenters. The van der Waals surface area contributed by atoms with E-state index in [1.165, 1.54) is 6.33 Å². The SMILES string of the molecule is CC(C)Oc1cc(Nc2ccn(C)n2)ncn1. The molecule has 2 heterocycles. The summed E-state index contributed by atoms with van der Waals surface area (Å²) in [4.78, 5) is 8.13. The lowest BCUT2D eigenvalue weighted by Crippen LogP contribution is -2.07. The summed E-state index contributed by atoms with van der Waals surface area (Å²) >= 11 is 0. The highest BCUT2D eigenvalue weighted by Crippen LogP contribution is 2.16. The molecule has 6 heteroatoms. The molecule has 2 rings (SSSR count). The summed E-state index contributed by atoms with van der Waals surface area (Å²) in [6.07, 6.45) is 3.41. The van der Waals surface area contributed by atoms with E-state index < -0.39 is 0 Å². The van der Waals surface area contributed by atoms with Crippen LogP contribution in [-0.4, -0.2) is 25.9 Å². The van der Waals surface area contributed by atoms with Crippen LogP contribution in [0.15, 0.2) is 24.7 Å². The highest BCUT2D eigenvalue weighted by atomic mass is 16.5. The molecule has 0 amide bonds. The Balaban J connectivity index is 2.10. The fourth-order valence-corrected chi connectivity index (χ4v) is 1.33. The van der Waals surface area contributed by atoms with E-state index in [1.807, 2.05) is 33.2 Å². The molecule has 0 fully saturated rings. The number of hydrogen-bond donors (Lipinski definition) is 1. The molecule has 0 spiro atoms. The maximum absolute atomic E-state index is 5.48. The Bertz CT molecular complexity index is 494. The molecule has 90 valence electrons. The van der Waals surface area contributed by atoms with E-state index >= 15 is 0 Å². The Hall–Kier alpha value is -2.11. The minimum absolute atomic E-state index is 0.0904. The van der Waals surface area contributed by atoms with Crippen LogP contribution in [0, 0.1) is 0 Å². The molecule has 0 saturated carbocycles. The van der Waals surface area contributed by atoms with Crippen molar-refractivity contribution in [3.63, 3.8) is 0 Å². The summed E-state index contributed by atoms with van der Waals surface area (Å²) in [5, 5.41) is 7.28. The van der Waals surface area contributed by atoms with Crippen LogP contribution in [0.2, 0.25) is 0 Å². The average molecular weight is 233 g/mol. The molecule has 17 heavy (non-hydrogen) atoms. The number of rotatable bonds is 4. The molecule has 2 aromatic rings. The van der Waals surface area contributed by atoms with Crippen LogP contribution in [0.5, 0.6) is 5.88 Å². The minimum Gasteiger partial charge on any atom is -0.475 e. The van der Waals surface area contributed by atoms with Gasteiger partial charge in [-0.25, -0.2) is 9.97 Å². The molecule has 0 unspecified atom stereocenters. The van der Waals surface area contributed by atoms with Crippen LogP contribution in [-0.2, 0) is 7.05 Å². The van der Waals surface area contributed by atoms with Gasteiger partial charge in [0.05, 0.1) is 6.10 Å². The van der Waals surface area contributed by atoms with E-state index in [-0.39, 0.29) is 6.10 Å². The lowest BCUT2D eigenvalue weighted by Gasteiger charge is -2.09. The summed E-state index contributed by atoms with van der Waals surface area (Å²) < 4.78 is 7.20. The molecule has 0 aliphatic carbocycles. The van der Waals surface area contributed by atoms with Crippen LogP contribution in [0.4, 0.5) is 11.6 Å². The first-order valence-electron chi connectivity index (χ1n) is 5.39. The van der Waals surface area contributed by atoms with Gasteiger partial charge in [-0.3, -0.25) is 4.68 Å². The molecule has 6 nitrogen and oxygen atoms in total. The monoisotopic (exact) mass is 233 g/mol. The minimum atomic E-state index is 0.0904. The van der Waals surface area contributed by atoms with Gasteiger partial charge in [-0.05, 0) is 13.8 Å². The Labute approximate surface area is 99.7 Å². The highest BCUT2D eigenvalue weighted by Gasteiger charge is 2.03. The third-order valence-corrected chi connectivity index (χ3v) is 1.97. The maximum atomic E-state index is 5.48. The lowest BCUT2D eigenvalue weighted by atomic mass is 10.4. The second-order valence-electron chi connectivity index (χ2n) is 3.91. The Morgan fingerprint density at radius 3 is 2.76 bits per heavy atom. The number of aromatic nitrogens is 4. The van der Waals surface area contributed by atoms with Crippen LogP contribution in [0.25, 0.3) is 0 Å². The third-order valence-electron chi connectivity index (χ3n) is 1.97. The fraction of sp³-hybridized carbons (Fsp3) is 0.364. The van der Waals surface area contributed by atoms with Gasteiger partial charge in [0, 0.05) is 25.4 Å². The van der Waals surface area contributed by atoms with E-state index in [2.05, 4.69) is 20.4 Å². The van der Waals surface area contributed by atoms with Crippen molar-refractivity contribution in [2.45, 2.75) is 20.0 Å². The molecule has 0 bridgehead atoms. The van der Waals surface area contributed by atoms with Gasteiger partial charge in [0.2, 0.25) is 5.88 Å². The quantitative estimate of drug-likeness (QED) is 0.871. The zero-order chi connectivity index (χ0) is 12.3. The van der Waals surface area contributed by atoms with Crippen molar-refractivity contribution in [3.8, 4) is 5.88 Å². The molecular formula is C11H15N5O. The number of anilines is 2. The van der Waals surface area contributed by atoms with Gasteiger partial charge in [-0.1, -0.05) is 0 Å². The smallest absolute Gasteiger partial charge is 0.218 e. The lowest BCUT2D eigenvalue weighted by molar-refractivity contribution is 0.232. The van der Waals surface area contributed by atoms with Crippen molar-refractivity contribution in [1.29, 1.82) is 0 Å². The van der Waals surface area contributed by atoms with E-state index in [1.54, 1.807) is 10.7 Å². The topological polar surface area (TPSA) is 64.9 Å². The van der Waals surface area contributed by atoms with Gasteiger partial charge in [0.25, 0.3) is 0 Å². The molecular weight excluding hydrogens is 218 g/mol. The van der Waals surface area contributed by atoms with E-state index in [4.69, 9.17) is 4.74 Å². The predicted molar refractivity (Wildman–Crippen MR) is 64.3 cm³/mol. The molecule has 0 saturated heterocycles. The molecule has 0 aromatic carbocycles. The van der Waals surface area contributed by atoms with E-state index in [0.717, 1.165) is 5.82 Å². The molecule has 0 aliphatic rings. The summed E-state index contributed by atoms with van der Waals surface area (Å²) in [6, 6.07) is 3.61. The largest absolute Gasteiger partial charge is 0.475 e. The molecule has 0 aliphatic heterocycles. The van der Waals surface area contributed by atoms with Crippen LogP contribution in [0.3, 0.4) is 0 Å². The molecule has 0 radical (unpaired) electrons. The van der Waals surface area contributed by atoms with Gasteiger partial charge in [0.15, 0.2) is 5.82 Å². The van der Waals surface area contributed by atoms with Crippen molar-refractivity contribution in [1.82, 2.24) is 19.7 Å². The Kier molecular flexibility index (Phi) is 3.22. The van der Waals surface area contributed by atoms with Crippen molar-refractivity contribution in [3.05, 3.63) is 24.7 Å². The van der Waals surface area contributed by atoms with Crippen LogP contribution < -0.4 is 10.1 Å². The summed E-state index contributed by atoms with van der Waals surface area (Å²) in [7, 11) is 1.86. The molecule has 1 N–H and O–H groups in total. The van der Waals surface area contributed by atoms with Gasteiger partial charge in [-0.2, -0.15) is 5.10 Å². The van der Waals surface area contributed by atoms with Crippen molar-refractivity contribution in [2.75, 3.05) is 5.32 Å². The Morgan fingerprint density at radius 2 is 2.12 bits per heavy atom. The predicted octanol–water partition coefficient (Wildman–Crippen LogP) is 1.74. The standard InChI is InChI=1S/C11H15N5O/c1-8(2)17-11-6-10(12-7-13-11)14-9-4-5-16(3)15-9/h4-8H,1-3H3,(H,12,13,14,15). The zero-order valence-electron chi connectivity index (χ0n) is 10.1. The van der Waals surface area contributed by atoms with Gasteiger partial charge in [0.1, 0.15) is 12.1 Å². The number of hydrogen-bond acceptors (Lipinski definition) is 5. The third kappa shape index (κ3) is 3.17. The van der Waals surface area contributed by atoms with Crippen molar-refractivity contribution in [2.24, 2.45) is 7.05 Å². The van der Waals surface area contributed by atoms with Crippen molar-refractivity contribution >= 4 is 11.6 Å². The summed E-state index contributed by atoms with van der Waals surface area (Å²) in [5.74, 6) is 1.95. The fourth-order valence-electron chi connectivity index (χ4n) is 1.33. The first-order chi connectivity index (χ1) is 8.13. The van der Waals surface area contributed by atoms with E-state index in [0.29, 0.717) is 11.7 Å². The maximum Gasteiger partial charge on any atom is 0.218 e. The first kappa shape index (κ1) is 11.4. The Morgan fingerprint density at radius 1 is 1.29 bits per heavy atom. The second-order valence-corrected chi connectivity index (χ2v) is 3.91. The molecule has 2 aromatic heterocycles. The number of ether oxygens (including phenoxy) is 1. The van der Waals surface area contributed by atoms with Crippen LogP contribution in [0.1, 0.15) is 13.8 Å². The average Bonchev–Trinajstić information content (AvgIpc) is 2.63. The van der Waals surface area contributed by atoms with E-state index in [9.17, 15) is 0 Å². The second kappa shape index (κ2) is 4.82. The van der Waals surface area contributed by atoms with Gasteiger partial charge in [-0.15, -0.1) is 0 Å². The zero-order valence-corrected chi connectivity index (χ0v) is 10.1. The number of nitrogens with one attached hydrogen (secondary N) is 1. The van der Waals surface area contributed by atoms with Gasteiger partial charge < -0.3 is 10.1 Å².